The summed E-state index contributed by atoms with van der Waals surface area (Å²) in [5.41, 5.74) is 5.35. The smallest absolute Gasteiger partial charge is 0.265 e. The van der Waals surface area contributed by atoms with Gasteiger partial charge in [0.2, 0.25) is 0 Å². The van der Waals surface area contributed by atoms with Gasteiger partial charge in [-0.2, -0.15) is 0 Å². The number of fused-ring (bicyclic) bond motifs is 3. The van der Waals surface area contributed by atoms with E-state index in [0.29, 0.717) is 41.7 Å². The van der Waals surface area contributed by atoms with Gasteiger partial charge in [0.1, 0.15) is 17.4 Å². The first-order chi connectivity index (χ1) is 22.4. The van der Waals surface area contributed by atoms with Crippen LogP contribution in [0.5, 0.6) is 5.75 Å². The number of aryl methyl sites for hydroxylation is 1. The minimum atomic E-state index is -0.978. The van der Waals surface area contributed by atoms with E-state index in [-0.39, 0.29) is 11.6 Å². The van der Waals surface area contributed by atoms with E-state index >= 15 is 0 Å². The Morgan fingerprint density at radius 3 is 2.67 bits per heavy atom. The molecule has 1 atom stereocenters. The summed E-state index contributed by atoms with van der Waals surface area (Å²) in [4.78, 5) is 24.0. The summed E-state index contributed by atoms with van der Waals surface area (Å²) in [6, 6.07) is 28.9. The van der Waals surface area contributed by atoms with Gasteiger partial charge in [-0.25, -0.2) is 9.37 Å². The van der Waals surface area contributed by atoms with Crippen LogP contribution in [0.15, 0.2) is 91.0 Å². The molecule has 1 amide bonds. The Bertz CT molecular complexity index is 1890. The molecule has 5 aromatic rings. The SMILES string of the molecule is COc1ccccc1CN(c1cccc(C(O)N2CCc3cc(C(=O)Nc4c(C)cccc4F)sc3-c3ccccc32)n1)C1CC1. The number of rotatable bonds is 9. The highest BCUT2D eigenvalue weighted by Crippen LogP contribution is 2.44. The van der Waals surface area contributed by atoms with Crippen molar-refractivity contribution < 1.29 is 19.0 Å². The van der Waals surface area contributed by atoms with E-state index in [4.69, 9.17) is 9.72 Å². The van der Waals surface area contributed by atoms with Crippen LogP contribution in [0.4, 0.5) is 21.6 Å². The van der Waals surface area contributed by atoms with Crippen molar-refractivity contribution in [3.8, 4) is 16.2 Å². The van der Waals surface area contributed by atoms with E-state index in [9.17, 15) is 14.3 Å². The van der Waals surface area contributed by atoms with Crippen LogP contribution in [0.25, 0.3) is 10.4 Å². The second kappa shape index (κ2) is 12.6. The van der Waals surface area contributed by atoms with E-state index in [0.717, 1.165) is 51.7 Å². The fourth-order valence-corrected chi connectivity index (χ4v) is 7.29. The molecule has 1 saturated carbocycles. The van der Waals surface area contributed by atoms with Gasteiger partial charge in [-0.3, -0.25) is 4.79 Å². The van der Waals surface area contributed by atoms with E-state index in [1.807, 2.05) is 71.6 Å². The lowest BCUT2D eigenvalue weighted by Crippen LogP contribution is -2.32. The average molecular weight is 635 g/mol. The molecule has 1 fully saturated rings. The van der Waals surface area contributed by atoms with Gasteiger partial charge in [-0.1, -0.05) is 54.6 Å². The second-order valence-electron chi connectivity index (χ2n) is 11.8. The number of halogens is 1. The molecular weight excluding hydrogens is 599 g/mol. The Morgan fingerprint density at radius 1 is 1.09 bits per heavy atom. The molecule has 9 heteroatoms. The number of nitrogens with one attached hydrogen (secondary N) is 1. The average Bonchev–Trinajstić information content (AvgIpc) is 3.86. The number of pyridine rings is 1. The summed E-state index contributed by atoms with van der Waals surface area (Å²) in [6.07, 6.45) is 1.84. The molecular formula is C37H35FN4O3S. The number of hydrogen-bond donors (Lipinski definition) is 2. The fraction of sp³-hybridized carbons (Fsp3) is 0.243. The highest BCUT2D eigenvalue weighted by Gasteiger charge is 2.32. The number of aliphatic hydroxyl groups excluding tert-OH is 1. The molecule has 1 unspecified atom stereocenters. The van der Waals surface area contributed by atoms with Gasteiger partial charge >= 0.3 is 0 Å². The Hall–Kier alpha value is -4.73. The minimum Gasteiger partial charge on any atom is -0.496 e. The second-order valence-corrected chi connectivity index (χ2v) is 12.8. The van der Waals surface area contributed by atoms with Gasteiger partial charge in [0, 0.05) is 40.8 Å². The zero-order chi connectivity index (χ0) is 31.8. The van der Waals surface area contributed by atoms with Crippen molar-refractivity contribution in [2.45, 2.75) is 45.0 Å². The number of carbonyl (C=O) groups is 1. The Kier molecular flexibility index (Phi) is 8.19. The third kappa shape index (κ3) is 5.84. The molecule has 1 aliphatic heterocycles. The van der Waals surface area contributed by atoms with Gasteiger partial charge in [0.15, 0.2) is 6.23 Å². The van der Waals surface area contributed by atoms with E-state index in [2.05, 4.69) is 16.3 Å². The van der Waals surface area contributed by atoms with E-state index in [1.165, 1.54) is 17.4 Å². The lowest BCUT2D eigenvalue weighted by molar-refractivity contribution is 0.102. The van der Waals surface area contributed by atoms with Gasteiger partial charge in [0.25, 0.3) is 5.91 Å². The Labute approximate surface area is 271 Å². The number of ether oxygens (including phenoxy) is 1. The molecule has 46 heavy (non-hydrogen) atoms. The van der Waals surface area contributed by atoms with E-state index in [1.54, 1.807) is 26.2 Å². The molecule has 0 radical (unpaired) electrons. The summed E-state index contributed by atoms with van der Waals surface area (Å²) >= 11 is 1.39. The number of aliphatic hydroxyl groups is 1. The number of benzene rings is 3. The molecule has 234 valence electrons. The van der Waals surface area contributed by atoms with E-state index < -0.39 is 12.0 Å². The van der Waals surface area contributed by atoms with Crippen molar-refractivity contribution in [3.63, 3.8) is 0 Å². The van der Waals surface area contributed by atoms with Crippen LogP contribution in [0.2, 0.25) is 0 Å². The first-order valence-corrected chi connectivity index (χ1v) is 16.3. The third-order valence-electron chi connectivity index (χ3n) is 8.70. The number of amides is 1. The van der Waals surface area contributed by atoms with Crippen molar-refractivity contribution in [1.29, 1.82) is 0 Å². The lowest BCUT2D eigenvalue weighted by Gasteiger charge is -2.31. The van der Waals surface area contributed by atoms with Crippen LogP contribution in [0, 0.1) is 12.7 Å². The molecule has 7 rings (SSSR count). The number of anilines is 3. The Balaban J connectivity index is 1.16. The molecule has 3 heterocycles. The molecule has 0 bridgehead atoms. The normalized spacial score (nSPS) is 14.6. The largest absolute Gasteiger partial charge is 0.496 e. The number of para-hydroxylation sites is 3. The topological polar surface area (TPSA) is 77.9 Å². The first-order valence-electron chi connectivity index (χ1n) is 15.5. The summed E-state index contributed by atoms with van der Waals surface area (Å²) in [5, 5.41) is 14.6. The molecule has 2 aromatic heterocycles. The first kappa shape index (κ1) is 30.0. The molecule has 7 nitrogen and oxygen atoms in total. The highest BCUT2D eigenvalue weighted by atomic mass is 32.1. The van der Waals surface area contributed by atoms with Crippen LogP contribution < -0.4 is 19.9 Å². The van der Waals surface area contributed by atoms with Gasteiger partial charge in [0.05, 0.1) is 23.4 Å². The molecule has 1 aliphatic carbocycles. The molecule has 2 N–H and O–H groups in total. The predicted molar refractivity (Wildman–Crippen MR) is 181 cm³/mol. The van der Waals surface area contributed by atoms with Crippen molar-refractivity contribution in [1.82, 2.24) is 4.98 Å². The quantitative estimate of drug-likeness (QED) is 0.173. The van der Waals surface area contributed by atoms with Gasteiger partial charge in [-0.15, -0.1) is 11.3 Å². The summed E-state index contributed by atoms with van der Waals surface area (Å²) in [7, 11) is 1.69. The number of thiophene rings is 1. The molecule has 0 spiro atoms. The third-order valence-corrected chi connectivity index (χ3v) is 9.91. The maximum absolute atomic E-state index is 14.5. The number of aromatic nitrogens is 1. The minimum absolute atomic E-state index is 0.198. The molecule has 0 saturated heterocycles. The maximum atomic E-state index is 14.5. The van der Waals surface area contributed by atoms with Gasteiger partial charge < -0.3 is 25.0 Å². The monoisotopic (exact) mass is 634 g/mol. The summed E-state index contributed by atoms with van der Waals surface area (Å²) < 4.78 is 20.1. The highest BCUT2D eigenvalue weighted by molar-refractivity contribution is 7.17. The van der Waals surface area contributed by atoms with Crippen LogP contribution in [0.3, 0.4) is 0 Å². The van der Waals surface area contributed by atoms with Crippen LogP contribution in [-0.2, 0) is 13.0 Å². The zero-order valence-corrected chi connectivity index (χ0v) is 26.6. The van der Waals surface area contributed by atoms with Gasteiger partial charge in [-0.05, 0) is 73.7 Å². The van der Waals surface area contributed by atoms with Crippen LogP contribution >= 0.6 is 11.3 Å². The standard InChI is InChI=1S/C37H35FN4O3S/c1-23-9-7-12-28(38)34(23)40-36(43)32-21-24-19-20-41(30-14-5-4-11-27(30)35(24)46-32)37(44)29-13-8-16-33(39-29)42(26-17-18-26)22-25-10-3-6-15-31(25)45-2/h3-16,21,26,37,44H,17-20,22H2,1-2H3,(H,40,43). The van der Waals surface area contributed by atoms with Crippen LogP contribution in [-0.4, -0.2) is 35.7 Å². The number of hydrogen-bond acceptors (Lipinski definition) is 7. The molecule has 2 aliphatic rings. The summed E-state index contributed by atoms with van der Waals surface area (Å²) in [6.45, 7) is 2.96. The Morgan fingerprint density at radius 2 is 1.87 bits per heavy atom. The number of carbonyl (C=O) groups excluding carboxylic acids is 1. The fourth-order valence-electron chi connectivity index (χ4n) is 6.15. The zero-order valence-electron chi connectivity index (χ0n) is 25.7. The summed E-state index contributed by atoms with van der Waals surface area (Å²) in [5.74, 6) is 0.878. The lowest BCUT2D eigenvalue weighted by atomic mass is 10.1. The molecule has 3 aromatic carbocycles. The van der Waals surface area contributed by atoms with Crippen molar-refractivity contribution in [2.75, 3.05) is 28.8 Å². The van der Waals surface area contributed by atoms with Crippen molar-refractivity contribution in [2.24, 2.45) is 0 Å². The number of nitrogens with zero attached hydrogens (tertiary/aromatic N) is 3. The maximum Gasteiger partial charge on any atom is 0.265 e. The van der Waals surface area contributed by atoms with Crippen molar-refractivity contribution in [3.05, 3.63) is 124 Å². The van der Waals surface area contributed by atoms with Crippen molar-refractivity contribution >= 4 is 34.4 Å². The number of methoxy groups -OCH3 is 1. The predicted octanol–water partition coefficient (Wildman–Crippen LogP) is 7.74. The van der Waals surface area contributed by atoms with Crippen LogP contribution in [0.1, 0.15) is 51.1 Å².